The Balaban J connectivity index is 1.80. The van der Waals surface area contributed by atoms with Crippen molar-refractivity contribution in [3.8, 4) is 0 Å². The molecule has 2 unspecified atom stereocenters. The minimum atomic E-state index is 0.751. The zero-order chi connectivity index (χ0) is 13.0. The monoisotopic (exact) mass is 285 g/mol. The number of thiophene rings is 1. The largest absolute Gasteiger partial charge is 0.316 e. The lowest BCUT2D eigenvalue weighted by molar-refractivity contribution is 0.359. The predicted molar refractivity (Wildman–Crippen MR) is 81.6 cm³/mol. The second-order valence-electron chi connectivity index (χ2n) is 5.91. The number of rotatable bonds is 6. The molecule has 1 aromatic rings. The molecule has 0 saturated heterocycles. The predicted octanol–water partition coefficient (Wildman–Crippen LogP) is 4.61. The topological polar surface area (TPSA) is 12.0 Å². The molecule has 1 aliphatic carbocycles. The first-order chi connectivity index (χ1) is 8.65. The van der Waals surface area contributed by atoms with Gasteiger partial charge < -0.3 is 5.32 Å². The smallest absolute Gasteiger partial charge is 0.0931 e. The zero-order valence-electron chi connectivity index (χ0n) is 11.4. The molecule has 0 radical (unpaired) electrons. The molecule has 1 aromatic heterocycles. The molecule has 1 fully saturated rings. The van der Waals surface area contributed by atoms with Crippen LogP contribution in [0.2, 0.25) is 4.34 Å². The van der Waals surface area contributed by atoms with Gasteiger partial charge in [0.15, 0.2) is 0 Å². The standard InChI is InChI=1S/C15H24ClNS/c1-11(2)9-17-10-13-5-3-4-12(13)8-14-6-7-15(16)18-14/h6-7,11-13,17H,3-5,8-10H2,1-2H3. The van der Waals surface area contributed by atoms with Gasteiger partial charge in [-0.05, 0) is 62.2 Å². The van der Waals surface area contributed by atoms with Gasteiger partial charge in [-0.2, -0.15) is 0 Å². The molecule has 1 heterocycles. The van der Waals surface area contributed by atoms with Crippen LogP contribution in [0.1, 0.15) is 38.0 Å². The third-order valence-electron chi connectivity index (χ3n) is 3.87. The highest BCUT2D eigenvalue weighted by Crippen LogP contribution is 2.35. The van der Waals surface area contributed by atoms with Gasteiger partial charge >= 0.3 is 0 Å². The lowest BCUT2D eigenvalue weighted by Gasteiger charge is -2.20. The summed E-state index contributed by atoms with van der Waals surface area (Å²) in [7, 11) is 0. The summed E-state index contributed by atoms with van der Waals surface area (Å²) in [6.07, 6.45) is 5.42. The quantitative estimate of drug-likeness (QED) is 0.805. The highest BCUT2D eigenvalue weighted by Gasteiger charge is 2.27. The summed E-state index contributed by atoms with van der Waals surface area (Å²) >= 11 is 7.76. The summed E-state index contributed by atoms with van der Waals surface area (Å²) in [4.78, 5) is 1.46. The number of hydrogen-bond donors (Lipinski definition) is 1. The molecule has 2 rings (SSSR count). The molecule has 0 aliphatic heterocycles. The summed E-state index contributed by atoms with van der Waals surface area (Å²) in [5.74, 6) is 2.48. The molecule has 0 aromatic carbocycles. The lowest BCUT2D eigenvalue weighted by Crippen LogP contribution is -2.28. The molecule has 18 heavy (non-hydrogen) atoms. The van der Waals surface area contributed by atoms with Crippen LogP contribution in [-0.2, 0) is 6.42 Å². The Morgan fingerprint density at radius 3 is 2.78 bits per heavy atom. The summed E-state index contributed by atoms with van der Waals surface area (Å²) in [5.41, 5.74) is 0. The Bertz CT molecular complexity index is 361. The fraction of sp³-hybridized carbons (Fsp3) is 0.733. The molecule has 1 N–H and O–H groups in total. The zero-order valence-corrected chi connectivity index (χ0v) is 13.0. The normalized spacial score (nSPS) is 24.0. The number of halogens is 1. The Kier molecular flexibility index (Phi) is 5.53. The maximum Gasteiger partial charge on any atom is 0.0931 e. The average Bonchev–Trinajstić information content (AvgIpc) is 2.89. The van der Waals surface area contributed by atoms with Crippen LogP contribution in [0.25, 0.3) is 0 Å². The summed E-state index contributed by atoms with van der Waals surface area (Å²) in [6.45, 7) is 6.88. The van der Waals surface area contributed by atoms with E-state index >= 15 is 0 Å². The molecule has 102 valence electrons. The third-order valence-corrected chi connectivity index (χ3v) is 5.12. The first-order valence-corrected chi connectivity index (χ1v) is 8.29. The van der Waals surface area contributed by atoms with Gasteiger partial charge in [0.25, 0.3) is 0 Å². The van der Waals surface area contributed by atoms with E-state index in [-0.39, 0.29) is 0 Å². The van der Waals surface area contributed by atoms with Crippen LogP contribution in [0, 0.1) is 17.8 Å². The molecular weight excluding hydrogens is 262 g/mol. The maximum atomic E-state index is 6.01. The van der Waals surface area contributed by atoms with E-state index in [4.69, 9.17) is 11.6 Å². The second kappa shape index (κ2) is 6.93. The van der Waals surface area contributed by atoms with Crippen LogP contribution in [0.4, 0.5) is 0 Å². The van der Waals surface area contributed by atoms with E-state index in [1.165, 1.54) is 37.1 Å². The Morgan fingerprint density at radius 1 is 1.33 bits per heavy atom. The third kappa shape index (κ3) is 4.25. The Morgan fingerprint density at radius 2 is 2.11 bits per heavy atom. The summed E-state index contributed by atoms with van der Waals surface area (Å²) < 4.78 is 0.928. The van der Waals surface area contributed by atoms with E-state index in [9.17, 15) is 0 Å². The van der Waals surface area contributed by atoms with Crippen molar-refractivity contribution in [1.29, 1.82) is 0 Å². The molecule has 2 atom stereocenters. The second-order valence-corrected chi connectivity index (χ2v) is 7.71. The molecule has 0 spiro atoms. The molecule has 1 saturated carbocycles. The van der Waals surface area contributed by atoms with E-state index < -0.39 is 0 Å². The average molecular weight is 286 g/mol. The van der Waals surface area contributed by atoms with Crippen molar-refractivity contribution >= 4 is 22.9 Å². The van der Waals surface area contributed by atoms with Gasteiger partial charge in [-0.1, -0.05) is 31.9 Å². The van der Waals surface area contributed by atoms with Crippen molar-refractivity contribution in [2.24, 2.45) is 17.8 Å². The first kappa shape index (κ1) is 14.4. The van der Waals surface area contributed by atoms with Crippen molar-refractivity contribution in [2.45, 2.75) is 39.5 Å². The summed E-state index contributed by atoms with van der Waals surface area (Å²) in [6, 6.07) is 4.23. The van der Waals surface area contributed by atoms with Gasteiger partial charge in [-0.3, -0.25) is 0 Å². The van der Waals surface area contributed by atoms with Crippen LogP contribution in [-0.4, -0.2) is 13.1 Å². The van der Waals surface area contributed by atoms with Gasteiger partial charge in [0.2, 0.25) is 0 Å². The maximum absolute atomic E-state index is 6.01. The molecular formula is C15H24ClNS. The number of nitrogens with one attached hydrogen (secondary N) is 1. The van der Waals surface area contributed by atoms with Crippen LogP contribution in [0.15, 0.2) is 12.1 Å². The Hall–Kier alpha value is -0.0500. The molecule has 0 bridgehead atoms. The van der Waals surface area contributed by atoms with Gasteiger partial charge in [0.1, 0.15) is 0 Å². The van der Waals surface area contributed by atoms with Crippen molar-refractivity contribution in [3.63, 3.8) is 0 Å². The van der Waals surface area contributed by atoms with Crippen LogP contribution >= 0.6 is 22.9 Å². The Labute approximate surface area is 120 Å². The van der Waals surface area contributed by atoms with Gasteiger partial charge in [-0.15, -0.1) is 11.3 Å². The SMILES string of the molecule is CC(C)CNCC1CCCC1Cc1ccc(Cl)s1. The first-order valence-electron chi connectivity index (χ1n) is 7.10. The minimum Gasteiger partial charge on any atom is -0.316 e. The molecule has 3 heteroatoms. The van der Waals surface area contributed by atoms with Gasteiger partial charge in [-0.25, -0.2) is 0 Å². The molecule has 1 aliphatic rings. The van der Waals surface area contributed by atoms with Crippen molar-refractivity contribution < 1.29 is 0 Å². The highest BCUT2D eigenvalue weighted by atomic mass is 35.5. The van der Waals surface area contributed by atoms with Crippen LogP contribution in [0.5, 0.6) is 0 Å². The minimum absolute atomic E-state index is 0.751. The van der Waals surface area contributed by atoms with Crippen LogP contribution < -0.4 is 5.32 Å². The molecule has 0 amide bonds. The highest BCUT2D eigenvalue weighted by molar-refractivity contribution is 7.16. The van der Waals surface area contributed by atoms with E-state index in [1.807, 2.05) is 6.07 Å². The lowest BCUT2D eigenvalue weighted by atomic mass is 9.92. The fourth-order valence-corrected chi connectivity index (χ4v) is 4.11. The van der Waals surface area contributed by atoms with E-state index in [0.717, 1.165) is 28.6 Å². The number of hydrogen-bond acceptors (Lipinski definition) is 2. The van der Waals surface area contributed by atoms with Crippen LogP contribution in [0.3, 0.4) is 0 Å². The summed E-state index contributed by atoms with van der Waals surface area (Å²) in [5, 5.41) is 3.63. The van der Waals surface area contributed by atoms with Gasteiger partial charge in [0.05, 0.1) is 4.34 Å². The van der Waals surface area contributed by atoms with Crippen molar-refractivity contribution in [3.05, 3.63) is 21.3 Å². The van der Waals surface area contributed by atoms with E-state index in [2.05, 4.69) is 25.2 Å². The van der Waals surface area contributed by atoms with E-state index in [1.54, 1.807) is 11.3 Å². The van der Waals surface area contributed by atoms with Gasteiger partial charge in [0, 0.05) is 4.88 Å². The van der Waals surface area contributed by atoms with Crippen molar-refractivity contribution in [2.75, 3.05) is 13.1 Å². The molecule has 1 nitrogen and oxygen atoms in total. The van der Waals surface area contributed by atoms with E-state index in [0.29, 0.717) is 0 Å². The fourth-order valence-electron chi connectivity index (χ4n) is 2.93. The van der Waals surface area contributed by atoms with Crippen molar-refractivity contribution in [1.82, 2.24) is 5.32 Å².